The SMILES string of the molecule is CC/C=C/CC/C=C/CC/C=C/C(O)C(COC1OC(CO)C(O)C(OS(=O)(=O)O)C1O)NC(=O)C(O)CCCCCCCCCCCCCCCC. The fraction of sp³-hybridized carbons (Fsp3) is 0.821. The van der Waals surface area contributed by atoms with Crippen LogP contribution in [0.5, 0.6) is 0 Å². The average molecular weight is 778 g/mol. The average Bonchev–Trinajstić information content (AvgIpc) is 3.12. The lowest BCUT2D eigenvalue weighted by Gasteiger charge is -2.41. The molecule has 8 atom stereocenters. The van der Waals surface area contributed by atoms with Gasteiger partial charge < -0.3 is 40.3 Å². The Morgan fingerprint density at radius 2 is 1.28 bits per heavy atom. The maximum Gasteiger partial charge on any atom is 0.397 e. The molecule has 0 aromatic rings. The van der Waals surface area contributed by atoms with E-state index < -0.39 is 78.5 Å². The Morgan fingerprint density at radius 1 is 0.774 bits per heavy atom. The van der Waals surface area contributed by atoms with Gasteiger partial charge in [-0.1, -0.05) is 140 Å². The number of carbonyl (C=O) groups excluding carboxylic acids is 1. The highest BCUT2D eigenvalue weighted by Gasteiger charge is 2.48. The summed E-state index contributed by atoms with van der Waals surface area (Å²) in [5.41, 5.74) is 0. The van der Waals surface area contributed by atoms with E-state index in [1.165, 1.54) is 70.3 Å². The van der Waals surface area contributed by atoms with Crippen LogP contribution in [0.1, 0.15) is 142 Å². The van der Waals surface area contributed by atoms with Gasteiger partial charge in [-0.25, -0.2) is 4.18 Å². The number of hydrogen-bond acceptors (Lipinski definition) is 11. The van der Waals surface area contributed by atoms with E-state index in [0.717, 1.165) is 44.9 Å². The van der Waals surface area contributed by atoms with Crippen LogP contribution in [0.3, 0.4) is 0 Å². The van der Waals surface area contributed by atoms with Gasteiger partial charge in [0.15, 0.2) is 6.29 Å². The second-order valence-electron chi connectivity index (χ2n) is 14.0. The van der Waals surface area contributed by atoms with E-state index in [1.54, 1.807) is 6.08 Å². The number of aliphatic hydroxyl groups excluding tert-OH is 5. The van der Waals surface area contributed by atoms with Gasteiger partial charge in [0.05, 0.1) is 25.4 Å². The van der Waals surface area contributed by atoms with Crippen molar-refractivity contribution in [3.63, 3.8) is 0 Å². The largest absolute Gasteiger partial charge is 0.397 e. The molecule has 1 saturated heterocycles. The number of hydrogen-bond donors (Lipinski definition) is 7. The van der Waals surface area contributed by atoms with E-state index in [9.17, 15) is 38.7 Å². The second kappa shape index (κ2) is 30.5. The van der Waals surface area contributed by atoms with Crippen LogP contribution < -0.4 is 5.32 Å². The molecule has 0 saturated carbocycles. The molecule has 1 fully saturated rings. The number of ether oxygens (including phenoxy) is 2. The maximum atomic E-state index is 13.0. The molecule has 0 aromatic carbocycles. The van der Waals surface area contributed by atoms with Crippen LogP contribution in [-0.4, -0.2) is 107 Å². The molecule has 0 bridgehead atoms. The van der Waals surface area contributed by atoms with Crippen molar-refractivity contribution in [1.82, 2.24) is 5.32 Å². The van der Waals surface area contributed by atoms with E-state index in [4.69, 9.17) is 14.0 Å². The maximum absolute atomic E-state index is 13.0. The van der Waals surface area contributed by atoms with Crippen molar-refractivity contribution in [2.24, 2.45) is 0 Å². The minimum absolute atomic E-state index is 0.235. The first-order chi connectivity index (χ1) is 25.4. The van der Waals surface area contributed by atoms with E-state index in [1.807, 2.05) is 6.08 Å². The summed E-state index contributed by atoms with van der Waals surface area (Å²) in [5.74, 6) is -0.720. The van der Waals surface area contributed by atoms with Crippen LogP contribution in [0.25, 0.3) is 0 Å². The molecule has 1 rings (SSSR count). The van der Waals surface area contributed by atoms with E-state index in [-0.39, 0.29) is 6.42 Å². The first kappa shape index (κ1) is 49.3. The Bertz CT molecular complexity index is 1120. The van der Waals surface area contributed by atoms with Crippen molar-refractivity contribution in [2.45, 2.75) is 191 Å². The van der Waals surface area contributed by atoms with Crippen molar-refractivity contribution in [3.8, 4) is 0 Å². The van der Waals surface area contributed by atoms with Crippen molar-refractivity contribution < 1.29 is 57.0 Å². The molecule has 0 aliphatic carbocycles. The van der Waals surface area contributed by atoms with E-state index >= 15 is 0 Å². The summed E-state index contributed by atoms with van der Waals surface area (Å²) in [6.07, 6.45) is 21.2. The van der Waals surface area contributed by atoms with Gasteiger partial charge >= 0.3 is 10.4 Å². The number of carbonyl (C=O) groups is 1. The molecule has 13 nitrogen and oxygen atoms in total. The molecule has 0 aromatic heterocycles. The summed E-state index contributed by atoms with van der Waals surface area (Å²) in [5, 5.41) is 54.8. The molecule has 8 unspecified atom stereocenters. The zero-order valence-electron chi connectivity index (χ0n) is 32.2. The molecule has 53 heavy (non-hydrogen) atoms. The normalized spacial score (nSPS) is 22.9. The van der Waals surface area contributed by atoms with Gasteiger partial charge in [0.25, 0.3) is 0 Å². The van der Waals surface area contributed by atoms with Crippen molar-refractivity contribution in [3.05, 3.63) is 36.5 Å². The van der Waals surface area contributed by atoms with Crippen LogP contribution >= 0.6 is 0 Å². The van der Waals surface area contributed by atoms with Gasteiger partial charge in [-0.2, -0.15) is 8.42 Å². The van der Waals surface area contributed by atoms with Gasteiger partial charge in [0.2, 0.25) is 5.91 Å². The monoisotopic (exact) mass is 777 g/mol. The summed E-state index contributed by atoms with van der Waals surface area (Å²) in [4.78, 5) is 13.0. The van der Waals surface area contributed by atoms with Crippen LogP contribution in [0.2, 0.25) is 0 Å². The zero-order chi connectivity index (χ0) is 39.3. The summed E-state index contributed by atoms with van der Waals surface area (Å²) < 4.78 is 47.2. The van der Waals surface area contributed by atoms with Gasteiger partial charge in [0.1, 0.15) is 30.5 Å². The molecule has 1 heterocycles. The summed E-state index contributed by atoms with van der Waals surface area (Å²) >= 11 is 0. The summed E-state index contributed by atoms with van der Waals surface area (Å²) in [6, 6.07) is -1.14. The van der Waals surface area contributed by atoms with Gasteiger partial charge in [-0.3, -0.25) is 9.35 Å². The number of unbranched alkanes of at least 4 members (excludes halogenated alkanes) is 15. The lowest BCUT2D eigenvalue weighted by molar-refractivity contribution is -0.298. The second-order valence-corrected chi connectivity index (χ2v) is 15.0. The third kappa shape index (κ3) is 23.7. The number of rotatable bonds is 32. The third-order valence-electron chi connectivity index (χ3n) is 9.27. The minimum Gasteiger partial charge on any atom is -0.394 e. The standard InChI is InChI=1S/C39H71NO12S/c1-3-5-7-9-11-13-15-16-17-18-20-22-24-26-28-33(43)38(46)40-31(32(42)27-25-23-21-19-14-12-10-8-6-4-2)30-50-39-36(45)37(52-53(47,48)49)35(44)34(29-41)51-39/h6,8,14,19,25,27,31-37,39,41-45H,3-5,7,9-13,15-18,20-24,26,28-30H2,1-2H3,(H,40,46)(H,47,48,49)/b8-6+,19-14+,27-25+. The molecule has 14 heteroatoms. The van der Waals surface area contributed by atoms with Gasteiger partial charge in [-0.05, 0) is 38.5 Å². The van der Waals surface area contributed by atoms with Gasteiger partial charge in [-0.15, -0.1) is 0 Å². The quantitative estimate of drug-likeness (QED) is 0.0262. The minimum atomic E-state index is -5.12. The Hall–Kier alpha value is -1.72. The first-order valence-corrected chi connectivity index (χ1v) is 21.3. The lowest BCUT2D eigenvalue weighted by atomic mass is 9.99. The fourth-order valence-electron chi connectivity index (χ4n) is 6.09. The Labute approximate surface area is 318 Å². The topological polar surface area (TPSA) is 212 Å². The van der Waals surface area contributed by atoms with Gasteiger partial charge in [0, 0.05) is 0 Å². The highest BCUT2D eigenvalue weighted by molar-refractivity contribution is 7.80. The number of allylic oxidation sites excluding steroid dienone is 5. The van der Waals surface area contributed by atoms with Crippen LogP contribution in [-0.2, 0) is 28.9 Å². The predicted octanol–water partition coefficient (Wildman–Crippen LogP) is 5.35. The summed E-state index contributed by atoms with van der Waals surface area (Å²) in [6.45, 7) is 3.03. The zero-order valence-corrected chi connectivity index (χ0v) is 33.0. The molecule has 1 amide bonds. The number of nitrogens with one attached hydrogen (secondary N) is 1. The number of amides is 1. The van der Waals surface area contributed by atoms with Crippen molar-refractivity contribution >= 4 is 16.3 Å². The van der Waals surface area contributed by atoms with Crippen LogP contribution in [0.4, 0.5) is 0 Å². The molecule has 1 aliphatic heterocycles. The third-order valence-corrected chi connectivity index (χ3v) is 9.74. The molecule has 310 valence electrons. The van der Waals surface area contributed by atoms with Crippen LogP contribution in [0.15, 0.2) is 36.5 Å². The van der Waals surface area contributed by atoms with E-state index in [2.05, 4.69) is 41.6 Å². The number of aliphatic hydroxyl groups is 5. The van der Waals surface area contributed by atoms with Crippen molar-refractivity contribution in [1.29, 1.82) is 0 Å². The van der Waals surface area contributed by atoms with Crippen LogP contribution in [0, 0.1) is 0 Å². The highest BCUT2D eigenvalue weighted by atomic mass is 32.3. The fourth-order valence-corrected chi connectivity index (χ4v) is 6.59. The molecular formula is C39H71NO12S. The lowest BCUT2D eigenvalue weighted by Crippen LogP contribution is -2.61. The molecule has 0 spiro atoms. The Balaban J connectivity index is 2.68. The smallest absolute Gasteiger partial charge is 0.394 e. The van der Waals surface area contributed by atoms with Crippen molar-refractivity contribution in [2.75, 3.05) is 13.2 Å². The molecular weight excluding hydrogens is 706 g/mol. The molecule has 0 radical (unpaired) electrons. The molecule has 1 aliphatic rings. The predicted molar refractivity (Wildman–Crippen MR) is 205 cm³/mol. The summed E-state index contributed by atoms with van der Waals surface area (Å²) in [7, 11) is -5.12. The Kier molecular flexibility index (Phi) is 28.4. The Morgan fingerprint density at radius 3 is 1.79 bits per heavy atom. The molecule has 7 N–H and O–H groups in total. The van der Waals surface area contributed by atoms with E-state index in [0.29, 0.717) is 12.8 Å². The highest BCUT2D eigenvalue weighted by Crippen LogP contribution is 2.26. The first-order valence-electron chi connectivity index (χ1n) is 20.0.